The maximum Gasteiger partial charge on any atom is 0.290 e. The molecule has 1 heterocycles. The molecular formula is C8H7NO5S. The smallest absolute Gasteiger partial charge is 0.290 e. The second-order valence-corrected chi connectivity index (χ2v) is 4.19. The van der Waals surface area contributed by atoms with Crippen LogP contribution < -0.4 is 4.72 Å². The standard InChI is InChI=1S/C7H5NO3S.CH2O2/c9-7-5-3-1-2-4-6(5)12(10,11)8-7;2-1-3/h1-4H,(H,8,9);1H,(H,2,3). The molecule has 2 rings (SSSR count). The van der Waals surface area contributed by atoms with Crippen LogP contribution in [-0.4, -0.2) is 25.9 Å². The zero-order valence-electron chi connectivity index (χ0n) is 7.38. The van der Waals surface area contributed by atoms with Crippen LogP contribution in [0.3, 0.4) is 0 Å². The summed E-state index contributed by atoms with van der Waals surface area (Å²) in [6, 6.07) is 6.09. The highest BCUT2D eigenvalue weighted by molar-refractivity contribution is 7.90. The Morgan fingerprint density at radius 3 is 2.33 bits per heavy atom. The number of amides is 1. The number of carbonyl (C=O) groups excluding carboxylic acids is 1. The third kappa shape index (κ3) is 2.13. The van der Waals surface area contributed by atoms with Crippen molar-refractivity contribution < 1.29 is 23.1 Å². The minimum absolute atomic E-state index is 0.0648. The van der Waals surface area contributed by atoms with Gasteiger partial charge in [0.2, 0.25) is 0 Å². The topological polar surface area (TPSA) is 101 Å². The lowest BCUT2D eigenvalue weighted by Gasteiger charge is -1.91. The Morgan fingerprint density at radius 1 is 1.27 bits per heavy atom. The normalized spacial score (nSPS) is 15.6. The lowest BCUT2D eigenvalue weighted by Crippen LogP contribution is -2.20. The molecule has 0 bridgehead atoms. The van der Waals surface area contributed by atoms with Gasteiger partial charge in [-0.1, -0.05) is 12.1 Å². The van der Waals surface area contributed by atoms with Crippen LogP contribution in [-0.2, 0) is 14.8 Å². The molecule has 0 saturated carbocycles. The Kier molecular flexibility index (Phi) is 3.05. The summed E-state index contributed by atoms with van der Waals surface area (Å²) in [5, 5.41) is 6.89. The minimum Gasteiger partial charge on any atom is -0.483 e. The molecule has 1 amide bonds. The zero-order valence-corrected chi connectivity index (χ0v) is 8.19. The van der Waals surface area contributed by atoms with Crippen LogP contribution in [0.5, 0.6) is 0 Å². The maximum absolute atomic E-state index is 11.1. The number of hydrogen-bond acceptors (Lipinski definition) is 4. The van der Waals surface area contributed by atoms with E-state index in [2.05, 4.69) is 0 Å². The fourth-order valence-electron chi connectivity index (χ4n) is 1.12. The van der Waals surface area contributed by atoms with Crippen LogP contribution in [0, 0.1) is 0 Å². The van der Waals surface area contributed by atoms with E-state index in [1.165, 1.54) is 12.1 Å². The van der Waals surface area contributed by atoms with E-state index in [4.69, 9.17) is 9.90 Å². The van der Waals surface area contributed by atoms with Crippen LogP contribution in [0.15, 0.2) is 29.2 Å². The third-order valence-corrected chi connectivity index (χ3v) is 3.04. The van der Waals surface area contributed by atoms with Crippen molar-refractivity contribution in [2.24, 2.45) is 0 Å². The number of rotatable bonds is 0. The fraction of sp³-hybridized carbons (Fsp3) is 0. The first-order valence-electron chi connectivity index (χ1n) is 3.77. The molecule has 1 aromatic rings. The number of benzene rings is 1. The van der Waals surface area contributed by atoms with Gasteiger partial charge in [-0.3, -0.25) is 9.59 Å². The minimum atomic E-state index is -3.55. The molecule has 0 aromatic heterocycles. The average Bonchev–Trinajstić information content (AvgIpc) is 2.40. The lowest BCUT2D eigenvalue weighted by atomic mass is 10.2. The van der Waals surface area contributed by atoms with E-state index in [-0.39, 0.29) is 16.9 Å². The van der Waals surface area contributed by atoms with Crippen molar-refractivity contribution >= 4 is 22.4 Å². The molecule has 6 nitrogen and oxygen atoms in total. The summed E-state index contributed by atoms with van der Waals surface area (Å²) in [5.41, 5.74) is 0.220. The molecule has 0 aliphatic carbocycles. The van der Waals surface area contributed by atoms with E-state index >= 15 is 0 Å². The van der Waals surface area contributed by atoms with Crippen LogP contribution in [0.4, 0.5) is 0 Å². The highest BCUT2D eigenvalue weighted by Gasteiger charge is 2.31. The Hall–Kier alpha value is -1.89. The van der Waals surface area contributed by atoms with Crippen LogP contribution in [0.1, 0.15) is 10.4 Å². The zero-order chi connectivity index (χ0) is 11.5. The summed E-state index contributed by atoms with van der Waals surface area (Å²) in [6.45, 7) is -0.250. The molecule has 0 spiro atoms. The monoisotopic (exact) mass is 229 g/mol. The van der Waals surface area contributed by atoms with Crippen LogP contribution in [0.2, 0.25) is 0 Å². The highest BCUT2D eigenvalue weighted by Crippen LogP contribution is 2.20. The molecule has 0 fully saturated rings. The van der Waals surface area contributed by atoms with Crippen LogP contribution >= 0.6 is 0 Å². The summed E-state index contributed by atoms with van der Waals surface area (Å²) in [7, 11) is -3.55. The molecular weight excluding hydrogens is 222 g/mol. The number of carboxylic acid groups (broad SMARTS) is 1. The van der Waals surface area contributed by atoms with Gasteiger partial charge >= 0.3 is 0 Å². The number of nitrogens with one attached hydrogen (secondary N) is 1. The highest BCUT2D eigenvalue weighted by atomic mass is 32.2. The van der Waals surface area contributed by atoms with Crippen molar-refractivity contribution in [3.05, 3.63) is 29.8 Å². The van der Waals surface area contributed by atoms with Gasteiger partial charge in [0.15, 0.2) is 0 Å². The molecule has 7 heteroatoms. The van der Waals surface area contributed by atoms with Crippen molar-refractivity contribution in [3.8, 4) is 0 Å². The van der Waals surface area contributed by atoms with Gasteiger partial charge in [0.1, 0.15) is 4.90 Å². The Morgan fingerprint density at radius 2 is 1.80 bits per heavy atom. The third-order valence-electron chi connectivity index (χ3n) is 1.65. The number of hydrogen-bond donors (Lipinski definition) is 2. The molecule has 0 unspecified atom stereocenters. The number of fused-ring (bicyclic) bond motifs is 1. The summed E-state index contributed by atoms with van der Waals surface area (Å²) in [5.74, 6) is -0.550. The van der Waals surface area contributed by atoms with E-state index in [1.807, 2.05) is 4.72 Å². The van der Waals surface area contributed by atoms with Gasteiger partial charge in [0, 0.05) is 0 Å². The molecule has 1 aliphatic heterocycles. The number of carbonyl (C=O) groups is 2. The SMILES string of the molecule is O=C1NS(=O)(=O)c2ccccc21.O=CO. The van der Waals surface area contributed by atoms with Crippen molar-refractivity contribution in [1.82, 2.24) is 4.72 Å². The second kappa shape index (κ2) is 4.09. The van der Waals surface area contributed by atoms with Crippen molar-refractivity contribution in [2.75, 3.05) is 0 Å². The van der Waals surface area contributed by atoms with Gasteiger partial charge in [-0.15, -0.1) is 0 Å². The Bertz CT molecular complexity index is 494. The van der Waals surface area contributed by atoms with E-state index in [1.54, 1.807) is 12.1 Å². The van der Waals surface area contributed by atoms with E-state index in [0.29, 0.717) is 0 Å². The predicted molar refractivity (Wildman–Crippen MR) is 49.8 cm³/mol. The molecule has 0 atom stereocenters. The largest absolute Gasteiger partial charge is 0.483 e. The van der Waals surface area contributed by atoms with Crippen molar-refractivity contribution in [3.63, 3.8) is 0 Å². The first-order valence-corrected chi connectivity index (χ1v) is 5.25. The Balaban J connectivity index is 0.000000337. The molecule has 1 aromatic carbocycles. The lowest BCUT2D eigenvalue weighted by molar-refractivity contribution is -0.122. The van der Waals surface area contributed by atoms with Crippen molar-refractivity contribution in [1.29, 1.82) is 0 Å². The molecule has 1 aliphatic rings. The van der Waals surface area contributed by atoms with E-state index < -0.39 is 15.9 Å². The molecule has 80 valence electrons. The maximum atomic E-state index is 11.1. The summed E-state index contributed by atoms with van der Waals surface area (Å²) in [6.07, 6.45) is 0. The van der Waals surface area contributed by atoms with Gasteiger partial charge < -0.3 is 5.11 Å². The number of sulfonamides is 1. The van der Waals surface area contributed by atoms with Gasteiger partial charge in [-0.05, 0) is 12.1 Å². The Labute approximate surface area is 85.6 Å². The summed E-state index contributed by atoms with van der Waals surface area (Å²) >= 11 is 0. The molecule has 15 heavy (non-hydrogen) atoms. The first kappa shape index (κ1) is 11.2. The van der Waals surface area contributed by atoms with E-state index in [0.717, 1.165) is 0 Å². The summed E-state index contributed by atoms with van der Waals surface area (Å²) < 4.78 is 24.2. The van der Waals surface area contributed by atoms with Gasteiger partial charge in [-0.2, -0.15) is 0 Å². The quantitative estimate of drug-likeness (QED) is 0.601. The van der Waals surface area contributed by atoms with Gasteiger partial charge in [0.25, 0.3) is 22.4 Å². The summed E-state index contributed by atoms with van der Waals surface area (Å²) in [4.78, 5) is 19.4. The van der Waals surface area contributed by atoms with E-state index in [9.17, 15) is 13.2 Å². The van der Waals surface area contributed by atoms with Crippen molar-refractivity contribution in [2.45, 2.75) is 4.90 Å². The predicted octanol–water partition coefficient (Wildman–Crippen LogP) is -0.181. The average molecular weight is 229 g/mol. The molecule has 2 N–H and O–H groups in total. The fourth-order valence-corrected chi connectivity index (χ4v) is 2.29. The molecule has 0 radical (unpaired) electrons. The molecule has 0 saturated heterocycles. The second-order valence-electron chi connectivity index (χ2n) is 2.54. The van der Waals surface area contributed by atoms with Crippen LogP contribution in [0.25, 0.3) is 0 Å². The van der Waals surface area contributed by atoms with Gasteiger partial charge in [-0.25, -0.2) is 13.1 Å². The first-order chi connectivity index (χ1) is 7.03. The van der Waals surface area contributed by atoms with Gasteiger partial charge in [0.05, 0.1) is 5.56 Å².